The number of fused-ring (bicyclic) bond motifs is 13. The van der Waals surface area contributed by atoms with Crippen molar-refractivity contribution in [2.45, 2.75) is 105 Å². The lowest BCUT2D eigenvalue weighted by Gasteiger charge is -2.46. The van der Waals surface area contributed by atoms with Gasteiger partial charge in [-0.25, -0.2) is 0 Å². The molecule has 0 fully saturated rings. The van der Waals surface area contributed by atoms with Gasteiger partial charge in [0.05, 0.1) is 83.1 Å². The van der Waals surface area contributed by atoms with Crippen LogP contribution in [0.5, 0.6) is 0 Å². The molecule has 0 saturated heterocycles. The predicted octanol–water partition coefficient (Wildman–Crippen LogP) is 26.3. The first-order valence-electron chi connectivity index (χ1n) is 49.7. The van der Waals surface area contributed by atoms with Crippen molar-refractivity contribution < 1.29 is 32.9 Å². The van der Waals surface area contributed by atoms with Crippen LogP contribution in [0.1, 0.15) is 138 Å². The Bertz CT molecular complexity index is 8070. The van der Waals surface area contributed by atoms with Crippen molar-refractivity contribution in [2.75, 3.05) is 9.80 Å². The Morgan fingerprint density at radius 1 is 0.277 bits per heavy atom. The summed E-state index contributed by atoms with van der Waals surface area (Å²) in [7, 11) is 0. The molecule has 0 spiro atoms. The highest BCUT2D eigenvalue weighted by Crippen LogP contribution is 2.56. The first-order valence-corrected chi connectivity index (χ1v) is 37.7. The molecule has 6 nitrogen and oxygen atoms in total. The lowest BCUT2D eigenvalue weighted by Crippen LogP contribution is -2.61. The van der Waals surface area contributed by atoms with Crippen molar-refractivity contribution in [3.05, 3.63) is 343 Å². The maximum absolute atomic E-state index is 10.4. The summed E-state index contributed by atoms with van der Waals surface area (Å²) >= 11 is 0. The van der Waals surface area contributed by atoms with Crippen molar-refractivity contribution in [2.24, 2.45) is 0 Å². The number of anilines is 6. The van der Waals surface area contributed by atoms with Gasteiger partial charge in [0.25, 0.3) is 6.71 Å². The van der Waals surface area contributed by atoms with E-state index in [4.69, 9.17) is 4.98 Å². The zero-order valence-corrected chi connectivity index (χ0v) is 64.0. The van der Waals surface area contributed by atoms with E-state index < -0.39 is 173 Å². The number of benzene rings is 14. The molecule has 0 saturated carbocycles. The lowest BCUT2D eigenvalue weighted by molar-refractivity contribution is 0.531. The Hall–Kier alpha value is -12.7. The molecule has 112 heavy (non-hydrogen) atoms. The average molecular weight is 1470 g/mol. The van der Waals surface area contributed by atoms with Crippen LogP contribution in [0.2, 0.25) is 0 Å². The van der Waals surface area contributed by atoms with E-state index >= 15 is 0 Å². The van der Waals surface area contributed by atoms with Crippen LogP contribution < -0.4 is 26.2 Å². The van der Waals surface area contributed by atoms with E-state index in [1.807, 2.05) is 127 Å². The molecule has 0 unspecified atom stereocenters. The number of aromatic nitrogens is 4. The summed E-state index contributed by atoms with van der Waals surface area (Å²) in [6.07, 6.45) is 0. The largest absolute Gasteiger partial charge is 0.310 e. The fourth-order valence-corrected chi connectivity index (χ4v) is 16.7. The molecule has 7 heteroatoms. The average Bonchev–Trinajstić information content (AvgIpc) is 1.52. The first kappa shape index (κ1) is 47.4. The monoisotopic (exact) mass is 1470 g/mol. The summed E-state index contributed by atoms with van der Waals surface area (Å²) in [5.74, 6) is 0. The molecule has 2 aliphatic heterocycles. The van der Waals surface area contributed by atoms with Gasteiger partial charge >= 0.3 is 0 Å². The summed E-state index contributed by atoms with van der Waals surface area (Å²) in [4.78, 5) is 9.70. The number of pyridine rings is 1. The van der Waals surface area contributed by atoms with Crippen LogP contribution in [0.3, 0.4) is 0 Å². The highest BCUT2D eigenvalue weighted by Gasteiger charge is 2.47. The normalized spacial score (nSPS) is 16.1. The molecule has 4 aromatic heterocycles. The second-order valence-electron chi connectivity index (χ2n) is 33.4. The van der Waals surface area contributed by atoms with Gasteiger partial charge in [-0.05, 0) is 170 Å². The molecule has 0 radical (unpaired) electrons. The zero-order valence-electron chi connectivity index (χ0n) is 88.0. The summed E-state index contributed by atoms with van der Waals surface area (Å²) in [5.41, 5.74) is 9.16. The van der Waals surface area contributed by atoms with Crippen LogP contribution >= 0.6 is 0 Å². The van der Waals surface area contributed by atoms with Gasteiger partial charge in [-0.1, -0.05) is 295 Å². The quantitative estimate of drug-likeness (QED) is 0.135. The molecule has 20 rings (SSSR count). The van der Waals surface area contributed by atoms with Crippen LogP contribution in [0.15, 0.2) is 321 Å². The Balaban J connectivity index is 1.09. The van der Waals surface area contributed by atoms with E-state index in [0.29, 0.717) is 95.0 Å². The second kappa shape index (κ2) is 25.4. The minimum atomic E-state index is -1.11. The molecule has 6 heterocycles. The van der Waals surface area contributed by atoms with Gasteiger partial charge in [0.2, 0.25) is 0 Å². The third-order valence-corrected chi connectivity index (χ3v) is 22.2. The third-order valence-electron chi connectivity index (χ3n) is 22.2. The van der Waals surface area contributed by atoms with Crippen LogP contribution in [0, 0.1) is 0 Å². The SMILES string of the molecule is [2H]c1c([2H])c([2H])c2c(c1[2H])c1c([2H])c([2H])c([2H])c([2H])c1n2-c1ccc2c(c1)N(c1c(-c3ccccc3)cc(C(C)(C)C)cc1-c1ccccc1)c1cc(-n3c4c([2H])c([2H])c([2H])c([2H])c4c4c([2H])c([2H])c([2H])c([2H])c43)cc3c1B2c1ccc(-n2c4c([2H])c([2H])c([2H])c([2H])c4c4c([2H])c([2H])c([2H])c([2H])c42)cc1N3c1c(-c2ccccc2)cc(C(C)(C)C)cc1-c1cc(C(C)(C)C)nc(C(C)(C)C)c1. The van der Waals surface area contributed by atoms with E-state index in [0.717, 1.165) is 22.5 Å². The van der Waals surface area contributed by atoms with Gasteiger partial charge in [0.15, 0.2) is 0 Å². The Morgan fingerprint density at radius 3 is 0.848 bits per heavy atom. The van der Waals surface area contributed by atoms with Gasteiger partial charge < -0.3 is 23.5 Å². The molecule has 0 atom stereocenters. The van der Waals surface area contributed by atoms with E-state index in [1.165, 1.54) is 13.7 Å². The van der Waals surface area contributed by atoms with Crippen molar-refractivity contribution >= 4 is 123 Å². The van der Waals surface area contributed by atoms with Crippen LogP contribution in [-0.4, -0.2) is 25.4 Å². The van der Waals surface area contributed by atoms with Gasteiger partial charge in [0, 0.05) is 111 Å². The van der Waals surface area contributed by atoms with E-state index in [-0.39, 0.29) is 82.5 Å². The number of para-hydroxylation sites is 6. The molecule has 0 bridgehead atoms. The highest BCUT2D eigenvalue weighted by molar-refractivity contribution is 7.00. The maximum Gasteiger partial charge on any atom is 0.252 e. The zero-order chi connectivity index (χ0) is 97.3. The second-order valence-corrected chi connectivity index (χ2v) is 33.4. The minimum Gasteiger partial charge on any atom is -0.310 e. The third kappa shape index (κ3) is 10.9. The van der Waals surface area contributed by atoms with Crippen molar-refractivity contribution in [1.29, 1.82) is 0 Å². The molecule has 0 amide bonds. The molecule has 0 aliphatic carbocycles. The van der Waals surface area contributed by atoms with Crippen molar-refractivity contribution in [3.63, 3.8) is 0 Å². The van der Waals surface area contributed by atoms with Crippen molar-refractivity contribution in [3.8, 4) is 61.6 Å². The smallest absolute Gasteiger partial charge is 0.252 e. The Kier molecular flexibility index (Phi) is 10.8. The number of rotatable bonds is 9. The molecular formula is C105H89BN6. The van der Waals surface area contributed by atoms with Gasteiger partial charge in [-0.2, -0.15) is 0 Å². The van der Waals surface area contributed by atoms with Crippen LogP contribution in [-0.2, 0) is 21.7 Å². The molecule has 0 N–H and O–H groups in total. The Labute approximate surface area is 691 Å². The standard InChI is InChI=1S/C105H89BN6/c1-102(2,3)70-58-81(66-34-16-13-17-35-66)100(82(59-70)67-36-18-14-19-37-67)111-93-62-72(108-87-46-28-22-40-75(87)76-41-23-29-47-88(76)108)52-54-85(93)106-86-55-53-73(109-89-48-30-24-42-77(89)78-43-25-31-49-90(78)109)63-94(86)112(96-65-74(64-95(111)99(96)106)110-91-50-32-26-44-79(91)80-45-27-33-51-92(80)110)101-83(68-38-20-15-21-39-68)60-71(103(4,5)6)61-84(101)69-56-97(104(7,8)9)107-98(57-69)105(10,11)12/h13-65H,1-12H3/i22D,23D,24D,25D,26D,27D,28D,29D,30D,31D,32D,33D,40D,41D,42D,43D,44D,45D,46D,47D,48D,49D,50D,51D. The predicted molar refractivity (Wildman–Crippen MR) is 478 cm³/mol. The highest BCUT2D eigenvalue weighted by atomic mass is 15.2. The van der Waals surface area contributed by atoms with E-state index in [9.17, 15) is 32.9 Å². The molecule has 542 valence electrons. The molecule has 18 aromatic rings. The number of nitrogens with zero attached hydrogens (tertiary/aromatic N) is 6. The first-order chi connectivity index (χ1) is 64.1. The molecule has 2 aliphatic rings. The summed E-state index contributed by atoms with van der Waals surface area (Å²) < 4.78 is 238. The summed E-state index contributed by atoms with van der Waals surface area (Å²) in [6.45, 7) is 24.2. The van der Waals surface area contributed by atoms with Gasteiger partial charge in [0.1, 0.15) is 0 Å². The lowest BCUT2D eigenvalue weighted by atomic mass is 9.33. The number of hydrogen-bond acceptors (Lipinski definition) is 3. The minimum absolute atomic E-state index is 0.0532. The molecule has 14 aromatic carbocycles. The van der Waals surface area contributed by atoms with Crippen LogP contribution in [0.25, 0.3) is 127 Å². The summed E-state index contributed by atoms with van der Waals surface area (Å²) in [6, 6.07) is 41.8. The fourth-order valence-electron chi connectivity index (χ4n) is 16.7. The molecular weight excluding hydrogens is 1360 g/mol. The number of hydrogen-bond donors (Lipinski definition) is 0. The van der Waals surface area contributed by atoms with Crippen LogP contribution in [0.4, 0.5) is 34.1 Å². The fraction of sp³-hybridized carbons (Fsp3) is 0.152. The maximum atomic E-state index is 10.4. The van der Waals surface area contributed by atoms with E-state index in [1.54, 1.807) is 12.1 Å². The van der Waals surface area contributed by atoms with E-state index in [2.05, 4.69) is 129 Å². The topological polar surface area (TPSA) is 34.2 Å². The summed E-state index contributed by atoms with van der Waals surface area (Å²) in [5, 5.41) is -1.22. The Morgan fingerprint density at radius 2 is 0.554 bits per heavy atom. The van der Waals surface area contributed by atoms with Gasteiger partial charge in [-0.15, -0.1) is 0 Å². The van der Waals surface area contributed by atoms with Crippen molar-refractivity contribution in [1.82, 2.24) is 18.7 Å². The van der Waals surface area contributed by atoms with Gasteiger partial charge in [-0.3, -0.25) is 4.98 Å².